The summed E-state index contributed by atoms with van der Waals surface area (Å²) in [5.74, 6) is 1.77. The minimum absolute atomic E-state index is 0.721. The number of rotatable bonds is 7. The van der Waals surface area contributed by atoms with Crippen molar-refractivity contribution in [2.24, 2.45) is 0 Å². The van der Waals surface area contributed by atoms with Crippen molar-refractivity contribution in [3.05, 3.63) is 29.3 Å². The van der Waals surface area contributed by atoms with Gasteiger partial charge in [0.1, 0.15) is 11.2 Å². The molecule has 0 N–H and O–H groups in total. The number of hydrogen-bond acceptors (Lipinski definition) is 3. The SMILES string of the molecule is N#CSCCCCCOc1ccc(Cl)cc1. The molecular formula is C12H14ClNOS. The van der Waals surface area contributed by atoms with Gasteiger partial charge in [-0.1, -0.05) is 11.6 Å². The third-order valence-corrected chi connectivity index (χ3v) is 2.91. The molecule has 1 rings (SSSR count). The number of benzene rings is 1. The zero-order valence-corrected chi connectivity index (χ0v) is 10.6. The average Bonchev–Trinajstić information content (AvgIpc) is 2.30. The summed E-state index contributed by atoms with van der Waals surface area (Å²) in [6, 6.07) is 7.38. The van der Waals surface area contributed by atoms with E-state index >= 15 is 0 Å². The summed E-state index contributed by atoms with van der Waals surface area (Å²) >= 11 is 7.07. The van der Waals surface area contributed by atoms with Gasteiger partial charge in [-0.3, -0.25) is 0 Å². The van der Waals surface area contributed by atoms with Crippen LogP contribution in [0.3, 0.4) is 0 Å². The fourth-order valence-electron chi connectivity index (χ4n) is 1.22. The quantitative estimate of drug-likeness (QED) is 0.543. The van der Waals surface area contributed by atoms with Gasteiger partial charge in [0, 0.05) is 10.8 Å². The summed E-state index contributed by atoms with van der Waals surface area (Å²) in [5, 5.41) is 11.1. The van der Waals surface area contributed by atoms with E-state index in [4.69, 9.17) is 21.6 Å². The summed E-state index contributed by atoms with van der Waals surface area (Å²) in [6.07, 6.45) is 3.19. The maximum atomic E-state index is 8.32. The van der Waals surface area contributed by atoms with Crippen LogP contribution in [0.15, 0.2) is 24.3 Å². The third kappa shape index (κ3) is 5.89. The van der Waals surface area contributed by atoms with Crippen molar-refractivity contribution in [3.63, 3.8) is 0 Å². The Morgan fingerprint density at radius 3 is 2.62 bits per heavy atom. The van der Waals surface area contributed by atoms with E-state index in [9.17, 15) is 0 Å². The molecule has 16 heavy (non-hydrogen) atoms. The van der Waals surface area contributed by atoms with Gasteiger partial charge in [0.2, 0.25) is 0 Å². The molecule has 86 valence electrons. The van der Waals surface area contributed by atoms with E-state index in [2.05, 4.69) is 5.40 Å². The Morgan fingerprint density at radius 1 is 1.19 bits per heavy atom. The molecule has 2 nitrogen and oxygen atoms in total. The first-order valence-electron chi connectivity index (χ1n) is 5.22. The van der Waals surface area contributed by atoms with Gasteiger partial charge in [-0.15, -0.1) is 0 Å². The van der Waals surface area contributed by atoms with E-state index in [1.807, 2.05) is 24.3 Å². The Bertz CT molecular complexity index is 334. The largest absolute Gasteiger partial charge is 0.494 e. The minimum atomic E-state index is 0.721. The molecule has 1 aromatic rings. The van der Waals surface area contributed by atoms with Crippen molar-refractivity contribution in [1.82, 2.24) is 0 Å². The van der Waals surface area contributed by atoms with E-state index in [1.54, 1.807) is 0 Å². The molecule has 0 heterocycles. The predicted molar refractivity (Wildman–Crippen MR) is 68.9 cm³/mol. The first kappa shape index (κ1) is 13.2. The first-order chi connectivity index (χ1) is 7.83. The summed E-state index contributed by atoms with van der Waals surface area (Å²) in [5.41, 5.74) is 0. The van der Waals surface area contributed by atoms with Crippen molar-refractivity contribution >= 4 is 23.4 Å². The van der Waals surface area contributed by atoms with Gasteiger partial charge in [-0.05, 0) is 55.3 Å². The van der Waals surface area contributed by atoms with Crippen LogP contribution in [0.4, 0.5) is 0 Å². The number of thiocyanates is 1. The van der Waals surface area contributed by atoms with Crippen LogP contribution in [-0.4, -0.2) is 12.4 Å². The van der Waals surface area contributed by atoms with Gasteiger partial charge in [0.05, 0.1) is 6.61 Å². The molecule has 0 radical (unpaired) electrons. The lowest BCUT2D eigenvalue weighted by molar-refractivity contribution is 0.306. The Labute approximate surface area is 106 Å². The molecule has 0 saturated heterocycles. The van der Waals surface area contributed by atoms with E-state index in [-0.39, 0.29) is 0 Å². The number of nitriles is 1. The van der Waals surface area contributed by atoms with Gasteiger partial charge in [0.25, 0.3) is 0 Å². The minimum Gasteiger partial charge on any atom is -0.494 e. The lowest BCUT2D eigenvalue weighted by atomic mass is 10.3. The second kappa shape index (κ2) is 8.32. The van der Waals surface area contributed by atoms with Crippen LogP contribution in [0.1, 0.15) is 19.3 Å². The first-order valence-corrected chi connectivity index (χ1v) is 6.58. The Balaban J connectivity index is 2.03. The molecule has 0 atom stereocenters. The van der Waals surface area contributed by atoms with Crippen molar-refractivity contribution in [2.45, 2.75) is 19.3 Å². The topological polar surface area (TPSA) is 33.0 Å². The van der Waals surface area contributed by atoms with E-state index in [0.29, 0.717) is 0 Å². The molecule has 0 amide bonds. The highest BCUT2D eigenvalue weighted by atomic mass is 35.5. The van der Waals surface area contributed by atoms with Crippen LogP contribution in [0.25, 0.3) is 0 Å². The second-order valence-corrected chi connectivity index (χ2v) is 4.62. The molecule has 0 unspecified atom stereocenters. The van der Waals surface area contributed by atoms with Crippen LogP contribution in [0.2, 0.25) is 5.02 Å². The van der Waals surface area contributed by atoms with Gasteiger partial charge >= 0.3 is 0 Å². The van der Waals surface area contributed by atoms with Crippen LogP contribution < -0.4 is 4.74 Å². The second-order valence-electron chi connectivity index (χ2n) is 3.30. The lowest BCUT2D eigenvalue weighted by Crippen LogP contribution is -1.97. The van der Waals surface area contributed by atoms with Crippen LogP contribution in [-0.2, 0) is 0 Å². The van der Waals surface area contributed by atoms with Gasteiger partial charge < -0.3 is 4.74 Å². The summed E-state index contributed by atoms with van der Waals surface area (Å²) in [6.45, 7) is 0.721. The number of halogens is 1. The van der Waals surface area contributed by atoms with Crippen molar-refractivity contribution < 1.29 is 4.74 Å². The molecule has 0 aliphatic carbocycles. The molecular weight excluding hydrogens is 242 g/mol. The summed E-state index contributed by atoms with van der Waals surface area (Å²) < 4.78 is 5.54. The van der Waals surface area contributed by atoms with Crippen LogP contribution in [0, 0.1) is 10.7 Å². The number of hydrogen-bond donors (Lipinski definition) is 0. The van der Waals surface area contributed by atoms with Gasteiger partial charge in [0.15, 0.2) is 0 Å². The Kier molecular flexibility index (Phi) is 6.87. The van der Waals surface area contributed by atoms with Gasteiger partial charge in [-0.2, -0.15) is 5.26 Å². The van der Waals surface area contributed by atoms with E-state index < -0.39 is 0 Å². The van der Waals surface area contributed by atoms with Crippen molar-refractivity contribution in [2.75, 3.05) is 12.4 Å². The van der Waals surface area contributed by atoms with Crippen molar-refractivity contribution in [1.29, 1.82) is 5.26 Å². The van der Waals surface area contributed by atoms with Crippen LogP contribution >= 0.6 is 23.4 Å². The summed E-state index contributed by atoms with van der Waals surface area (Å²) in [7, 11) is 0. The molecule has 0 aromatic heterocycles. The van der Waals surface area contributed by atoms with Crippen molar-refractivity contribution in [3.8, 4) is 11.2 Å². The zero-order chi connectivity index (χ0) is 11.6. The average molecular weight is 256 g/mol. The Morgan fingerprint density at radius 2 is 1.94 bits per heavy atom. The molecule has 0 spiro atoms. The fourth-order valence-corrected chi connectivity index (χ4v) is 1.79. The number of unbranched alkanes of at least 4 members (excludes halogenated alkanes) is 2. The predicted octanol–water partition coefficient (Wildman–Crippen LogP) is 4.10. The molecule has 4 heteroatoms. The molecule has 1 aromatic carbocycles. The molecule has 0 aliphatic rings. The zero-order valence-electron chi connectivity index (χ0n) is 8.99. The monoisotopic (exact) mass is 255 g/mol. The maximum Gasteiger partial charge on any atom is 0.133 e. The number of ether oxygens (including phenoxy) is 1. The highest BCUT2D eigenvalue weighted by Gasteiger charge is 1.94. The normalized spacial score (nSPS) is 9.75. The number of thioether (sulfide) groups is 1. The number of nitrogens with zero attached hydrogens (tertiary/aromatic N) is 1. The maximum absolute atomic E-state index is 8.32. The molecule has 0 aliphatic heterocycles. The fraction of sp³-hybridized carbons (Fsp3) is 0.417. The smallest absolute Gasteiger partial charge is 0.133 e. The molecule has 0 saturated carbocycles. The van der Waals surface area contributed by atoms with Gasteiger partial charge in [-0.25, -0.2) is 0 Å². The van der Waals surface area contributed by atoms with Crippen LogP contribution in [0.5, 0.6) is 5.75 Å². The highest BCUT2D eigenvalue weighted by Crippen LogP contribution is 2.15. The molecule has 0 bridgehead atoms. The van der Waals surface area contributed by atoms with E-state index in [0.717, 1.165) is 42.4 Å². The van der Waals surface area contributed by atoms with E-state index in [1.165, 1.54) is 11.8 Å². The lowest BCUT2D eigenvalue weighted by Gasteiger charge is -2.05. The standard InChI is InChI=1S/C12H14ClNOS/c13-11-4-6-12(7-5-11)15-8-2-1-3-9-16-10-14/h4-7H,1-3,8-9H2. The Hall–Kier alpha value is -0.850. The summed E-state index contributed by atoms with van der Waals surface area (Å²) in [4.78, 5) is 0. The molecule has 0 fully saturated rings. The highest BCUT2D eigenvalue weighted by molar-refractivity contribution is 8.03. The third-order valence-electron chi connectivity index (χ3n) is 2.04.